The van der Waals surface area contributed by atoms with Gasteiger partial charge in [-0.25, -0.2) is 0 Å². The number of fused-ring (bicyclic) bond motifs is 1. The molecule has 0 saturated heterocycles. The zero-order valence-electron chi connectivity index (χ0n) is 18.5. The number of nitrogens with one attached hydrogen (secondary N) is 1. The second-order valence-electron chi connectivity index (χ2n) is 8.30. The summed E-state index contributed by atoms with van der Waals surface area (Å²) in [7, 11) is 0. The zero-order chi connectivity index (χ0) is 21.6. The Morgan fingerprint density at radius 1 is 0.833 bits per heavy atom. The van der Waals surface area contributed by atoms with Crippen LogP contribution in [0.25, 0.3) is 10.8 Å². The number of phenols is 1. The van der Waals surface area contributed by atoms with Crippen LogP contribution in [-0.4, -0.2) is 17.6 Å². The van der Waals surface area contributed by atoms with Crippen molar-refractivity contribution in [2.24, 2.45) is 0 Å². The van der Waals surface area contributed by atoms with Crippen LogP contribution in [0.3, 0.4) is 0 Å². The number of unbranched alkanes of at least 4 members (excludes halogenated alkanes) is 12. The van der Waals surface area contributed by atoms with Gasteiger partial charge in [-0.15, -0.1) is 0 Å². The van der Waals surface area contributed by atoms with Crippen LogP contribution in [0.15, 0.2) is 30.3 Å². The van der Waals surface area contributed by atoms with E-state index in [0.717, 1.165) is 18.2 Å². The quantitative estimate of drug-likeness (QED) is 0.280. The first-order chi connectivity index (χ1) is 14.6. The molecule has 0 unspecified atom stereocenters. The summed E-state index contributed by atoms with van der Waals surface area (Å²) in [6.45, 7) is 2.89. The second-order valence-corrected chi connectivity index (χ2v) is 8.71. The first-order valence-corrected chi connectivity index (χ1v) is 12.2. The van der Waals surface area contributed by atoms with Crippen LogP contribution in [0.1, 0.15) is 101 Å². The topological polar surface area (TPSA) is 49.3 Å². The lowest BCUT2D eigenvalue weighted by atomic mass is 10.0. The molecule has 0 bridgehead atoms. The number of benzene rings is 2. The number of halogens is 1. The average Bonchev–Trinajstić information content (AvgIpc) is 2.76. The number of phenolic OH excluding ortho intramolecular Hbond substituents is 1. The summed E-state index contributed by atoms with van der Waals surface area (Å²) in [5, 5.41) is 15.2. The van der Waals surface area contributed by atoms with Crippen molar-refractivity contribution in [1.29, 1.82) is 0 Å². The molecule has 0 heterocycles. The third-order valence-electron chi connectivity index (χ3n) is 5.78. The lowest BCUT2D eigenvalue weighted by molar-refractivity contribution is 0.0950. The Bertz CT molecular complexity index is 775. The van der Waals surface area contributed by atoms with Crippen LogP contribution in [0.2, 0.25) is 5.02 Å². The number of rotatable bonds is 15. The Labute approximate surface area is 187 Å². The molecule has 0 aliphatic carbocycles. The highest BCUT2D eigenvalue weighted by Crippen LogP contribution is 2.34. The van der Waals surface area contributed by atoms with E-state index in [1.165, 1.54) is 70.6 Å². The highest BCUT2D eigenvalue weighted by atomic mass is 35.5. The van der Waals surface area contributed by atoms with E-state index in [4.69, 9.17) is 11.6 Å². The van der Waals surface area contributed by atoms with Gasteiger partial charge in [0.1, 0.15) is 5.75 Å². The van der Waals surface area contributed by atoms with Crippen LogP contribution in [-0.2, 0) is 0 Å². The monoisotopic (exact) mass is 431 g/mol. The Kier molecular flexibility index (Phi) is 11.7. The molecule has 0 aliphatic heterocycles. The maximum atomic E-state index is 12.5. The SMILES string of the molecule is CCCCCCCCCCCCCCCNC(=O)c1cc(Cl)c2ccccc2c1O. The first-order valence-electron chi connectivity index (χ1n) is 11.8. The molecular formula is C26H38ClNO2. The third kappa shape index (κ3) is 8.18. The summed E-state index contributed by atoms with van der Waals surface area (Å²) < 4.78 is 0. The molecule has 0 spiro atoms. The average molecular weight is 432 g/mol. The van der Waals surface area contributed by atoms with Crippen LogP contribution in [0, 0.1) is 0 Å². The van der Waals surface area contributed by atoms with Gasteiger partial charge in [0.05, 0.1) is 5.56 Å². The smallest absolute Gasteiger partial charge is 0.255 e. The van der Waals surface area contributed by atoms with Gasteiger partial charge in [0.25, 0.3) is 5.91 Å². The minimum Gasteiger partial charge on any atom is -0.506 e. The summed E-state index contributed by atoms with van der Waals surface area (Å²) in [5.41, 5.74) is 0.244. The molecule has 0 saturated carbocycles. The molecule has 1 amide bonds. The maximum absolute atomic E-state index is 12.5. The number of aromatic hydroxyl groups is 1. The molecule has 30 heavy (non-hydrogen) atoms. The Morgan fingerprint density at radius 2 is 1.33 bits per heavy atom. The lowest BCUT2D eigenvalue weighted by Gasteiger charge is -2.10. The van der Waals surface area contributed by atoms with Crippen molar-refractivity contribution in [2.75, 3.05) is 6.54 Å². The van der Waals surface area contributed by atoms with Gasteiger partial charge in [-0.05, 0) is 12.5 Å². The van der Waals surface area contributed by atoms with E-state index in [0.29, 0.717) is 17.0 Å². The predicted molar refractivity (Wildman–Crippen MR) is 129 cm³/mol. The molecular weight excluding hydrogens is 394 g/mol. The van der Waals surface area contributed by atoms with E-state index in [2.05, 4.69) is 12.2 Å². The van der Waals surface area contributed by atoms with Crippen molar-refractivity contribution in [1.82, 2.24) is 5.32 Å². The summed E-state index contributed by atoms with van der Waals surface area (Å²) in [6.07, 6.45) is 17.0. The fourth-order valence-corrected chi connectivity index (χ4v) is 4.20. The molecule has 2 N–H and O–H groups in total. The van der Waals surface area contributed by atoms with Crippen molar-refractivity contribution >= 4 is 28.3 Å². The Hall–Kier alpha value is -1.74. The molecule has 166 valence electrons. The van der Waals surface area contributed by atoms with Gasteiger partial charge in [0, 0.05) is 22.3 Å². The van der Waals surface area contributed by atoms with Crippen LogP contribution in [0.5, 0.6) is 5.75 Å². The summed E-state index contributed by atoms with van der Waals surface area (Å²) in [5.74, 6) is -0.267. The number of hydrogen-bond donors (Lipinski definition) is 2. The van der Waals surface area contributed by atoms with E-state index in [-0.39, 0.29) is 17.2 Å². The summed E-state index contributed by atoms with van der Waals surface area (Å²) in [6, 6.07) is 8.86. The number of amides is 1. The van der Waals surface area contributed by atoms with Crippen molar-refractivity contribution < 1.29 is 9.90 Å². The second kappa shape index (κ2) is 14.3. The van der Waals surface area contributed by atoms with Gasteiger partial charge in [-0.3, -0.25) is 4.79 Å². The van der Waals surface area contributed by atoms with Crippen molar-refractivity contribution in [3.05, 3.63) is 40.9 Å². The number of carbonyl (C=O) groups excluding carboxylic acids is 1. The normalized spacial score (nSPS) is 11.1. The molecule has 0 aliphatic rings. The standard InChI is InChI=1S/C26H38ClNO2/c1-2-3-4-5-6-7-8-9-10-11-12-13-16-19-28-26(30)23-20-24(27)21-17-14-15-18-22(21)25(23)29/h14-15,17-18,20,29H,2-13,16,19H2,1H3,(H,28,30). The Balaban J connectivity index is 1.55. The van der Waals surface area contributed by atoms with Crippen LogP contribution in [0.4, 0.5) is 0 Å². The minimum atomic E-state index is -0.265. The van der Waals surface area contributed by atoms with Crippen LogP contribution < -0.4 is 5.32 Å². The van der Waals surface area contributed by atoms with E-state index < -0.39 is 0 Å². The van der Waals surface area contributed by atoms with Crippen molar-refractivity contribution in [3.63, 3.8) is 0 Å². The van der Waals surface area contributed by atoms with Gasteiger partial charge in [0.15, 0.2) is 0 Å². The fraction of sp³-hybridized carbons (Fsp3) is 0.577. The molecule has 4 heteroatoms. The molecule has 2 aromatic carbocycles. The third-order valence-corrected chi connectivity index (χ3v) is 6.09. The van der Waals surface area contributed by atoms with Gasteiger partial charge < -0.3 is 10.4 Å². The highest BCUT2D eigenvalue weighted by molar-refractivity contribution is 6.36. The predicted octanol–water partition coefficient (Wildman–Crippen LogP) is 8.02. The van der Waals surface area contributed by atoms with Crippen LogP contribution >= 0.6 is 11.6 Å². The number of hydrogen-bond acceptors (Lipinski definition) is 2. The zero-order valence-corrected chi connectivity index (χ0v) is 19.3. The maximum Gasteiger partial charge on any atom is 0.255 e. The molecule has 2 aromatic rings. The molecule has 0 aromatic heterocycles. The van der Waals surface area contributed by atoms with Gasteiger partial charge >= 0.3 is 0 Å². The van der Waals surface area contributed by atoms with Crippen molar-refractivity contribution in [2.45, 2.75) is 90.4 Å². The van der Waals surface area contributed by atoms with E-state index in [9.17, 15) is 9.90 Å². The fourth-order valence-electron chi connectivity index (χ4n) is 3.93. The first kappa shape index (κ1) is 24.5. The van der Waals surface area contributed by atoms with Gasteiger partial charge in [-0.1, -0.05) is 120 Å². The largest absolute Gasteiger partial charge is 0.506 e. The van der Waals surface area contributed by atoms with Crippen molar-refractivity contribution in [3.8, 4) is 5.75 Å². The van der Waals surface area contributed by atoms with E-state index >= 15 is 0 Å². The summed E-state index contributed by atoms with van der Waals surface area (Å²) >= 11 is 6.28. The highest BCUT2D eigenvalue weighted by Gasteiger charge is 2.15. The molecule has 3 nitrogen and oxygen atoms in total. The lowest BCUT2D eigenvalue weighted by Crippen LogP contribution is -2.24. The minimum absolute atomic E-state index is 0.00198. The van der Waals surface area contributed by atoms with Gasteiger partial charge in [0.2, 0.25) is 0 Å². The van der Waals surface area contributed by atoms with Gasteiger partial charge in [-0.2, -0.15) is 0 Å². The van der Waals surface area contributed by atoms with E-state index in [1.54, 1.807) is 12.1 Å². The Morgan fingerprint density at radius 3 is 1.90 bits per heavy atom. The van der Waals surface area contributed by atoms with E-state index in [1.807, 2.05) is 18.2 Å². The molecule has 0 atom stereocenters. The summed E-state index contributed by atoms with van der Waals surface area (Å²) in [4.78, 5) is 12.5. The molecule has 0 radical (unpaired) electrons. The molecule has 0 fully saturated rings. The number of carbonyl (C=O) groups is 1. The molecule has 2 rings (SSSR count).